The summed E-state index contributed by atoms with van der Waals surface area (Å²) < 4.78 is 10.7. The molecule has 0 saturated carbocycles. The average molecular weight is 232 g/mol. The Bertz CT molecular complexity index is 532. The van der Waals surface area contributed by atoms with Crippen LogP contribution in [0.5, 0.6) is 11.5 Å². The zero-order valence-electron chi connectivity index (χ0n) is 10.5. The van der Waals surface area contributed by atoms with E-state index >= 15 is 0 Å². The number of benzene rings is 1. The van der Waals surface area contributed by atoms with Gasteiger partial charge in [-0.1, -0.05) is 0 Å². The maximum atomic E-state index is 5.38. The second-order valence-corrected chi connectivity index (χ2v) is 3.96. The van der Waals surface area contributed by atoms with Crippen LogP contribution in [-0.2, 0) is 0 Å². The molecule has 90 valence electrons. The normalized spacial score (nSPS) is 10.4. The van der Waals surface area contributed by atoms with Gasteiger partial charge in [0.25, 0.3) is 0 Å². The van der Waals surface area contributed by atoms with Gasteiger partial charge >= 0.3 is 0 Å². The molecule has 1 aromatic carbocycles. The van der Waals surface area contributed by atoms with Crippen molar-refractivity contribution in [2.75, 3.05) is 14.2 Å². The highest BCUT2D eigenvalue weighted by Crippen LogP contribution is 2.34. The number of nitrogens with zero attached hydrogens (tertiary/aromatic N) is 1. The van der Waals surface area contributed by atoms with Crippen LogP contribution in [0, 0.1) is 13.8 Å². The fourth-order valence-corrected chi connectivity index (χ4v) is 1.81. The summed E-state index contributed by atoms with van der Waals surface area (Å²) in [5.41, 5.74) is 3.85. The topological polar surface area (TPSA) is 47.1 Å². The van der Waals surface area contributed by atoms with Crippen molar-refractivity contribution in [3.63, 3.8) is 0 Å². The lowest BCUT2D eigenvalue weighted by Gasteiger charge is -2.11. The monoisotopic (exact) mass is 232 g/mol. The van der Waals surface area contributed by atoms with Gasteiger partial charge in [-0.3, -0.25) is 5.10 Å². The Labute approximate surface area is 101 Å². The third-order valence-corrected chi connectivity index (χ3v) is 2.70. The van der Waals surface area contributed by atoms with E-state index in [0.29, 0.717) is 0 Å². The molecule has 2 aromatic rings. The molecule has 0 unspecified atom stereocenters. The molecule has 0 spiro atoms. The lowest BCUT2D eigenvalue weighted by Crippen LogP contribution is -1.93. The minimum Gasteiger partial charge on any atom is -0.496 e. The lowest BCUT2D eigenvalue weighted by atomic mass is 10.1. The highest BCUT2D eigenvalue weighted by atomic mass is 16.5. The van der Waals surface area contributed by atoms with Crippen LogP contribution in [0.4, 0.5) is 0 Å². The number of hydrogen-bond acceptors (Lipinski definition) is 3. The Hall–Kier alpha value is -1.97. The maximum absolute atomic E-state index is 5.38. The van der Waals surface area contributed by atoms with Crippen LogP contribution in [-0.4, -0.2) is 24.4 Å². The molecule has 0 fully saturated rings. The van der Waals surface area contributed by atoms with Gasteiger partial charge in [-0.05, 0) is 37.6 Å². The summed E-state index contributed by atoms with van der Waals surface area (Å²) in [5, 5.41) is 7.16. The Morgan fingerprint density at radius 2 is 1.71 bits per heavy atom. The van der Waals surface area contributed by atoms with Gasteiger partial charge in [0.15, 0.2) is 0 Å². The molecule has 1 aromatic heterocycles. The van der Waals surface area contributed by atoms with Crippen molar-refractivity contribution in [2.45, 2.75) is 13.8 Å². The first-order chi connectivity index (χ1) is 8.15. The molecule has 0 amide bonds. The number of aromatic amines is 1. The van der Waals surface area contributed by atoms with Crippen molar-refractivity contribution >= 4 is 0 Å². The molecular formula is C13H16N2O2. The van der Waals surface area contributed by atoms with Crippen LogP contribution in [0.25, 0.3) is 11.3 Å². The smallest absolute Gasteiger partial charge is 0.128 e. The number of aryl methyl sites for hydroxylation is 2. The Kier molecular flexibility index (Phi) is 3.04. The van der Waals surface area contributed by atoms with Crippen LogP contribution in [0.15, 0.2) is 18.2 Å². The van der Waals surface area contributed by atoms with E-state index < -0.39 is 0 Å². The molecule has 0 saturated heterocycles. The van der Waals surface area contributed by atoms with Gasteiger partial charge in [0.2, 0.25) is 0 Å². The molecule has 2 rings (SSSR count). The fraction of sp³-hybridized carbons (Fsp3) is 0.308. The lowest BCUT2D eigenvalue weighted by molar-refractivity contribution is 0.401. The van der Waals surface area contributed by atoms with Crippen molar-refractivity contribution in [2.24, 2.45) is 0 Å². The molecular weight excluding hydrogens is 216 g/mol. The van der Waals surface area contributed by atoms with Crippen LogP contribution >= 0.6 is 0 Å². The molecule has 1 N–H and O–H groups in total. The quantitative estimate of drug-likeness (QED) is 0.885. The minimum atomic E-state index is 0.801. The third-order valence-electron chi connectivity index (χ3n) is 2.70. The molecule has 4 heteroatoms. The zero-order valence-corrected chi connectivity index (χ0v) is 10.5. The van der Waals surface area contributed by atoms with E-state index in [1.54, 1.807) is 14.2 Å². The number of nitrogens with one attached hydrogen (secondary N) is 1. The molecule has 0 bridgehead atoms. The standard InChI is InChI=1S/C13H16N2O2/c1-8-5-13(17-4)10(7-12(8)16-3)11-6-9(2)14-15-11/h5-7H,1-4H3,(H,14,15). The first-order valence-corrected chi connectivity index (χ1v) is 5.40. The van der Waals surface area contributed by atoms with Crippen molar-refractivity contribution in [1.82, 2.24) is 10.2 Å². The number of rotatable bonds is 3. The van der Waals surface area contributed by atoms with Crippen LogP contribution in [0.3, 0.4) is 0 Å². The van der Waals surface area contributed by atoms with E-state index in [1.165, 1.54) is 0 Å². The number of aromatic nitrogens is 2. The predicted molar refractivity (Wildman–Crippen MR) is 66.6 cm³/mol. The summed E-state index contributed by atoms with van der Waals surface area (Å²) in [6, 6.07) is 5.88. The molecule has 0 atom stereocenters. The minimum absolute atomic E-state index is 0.801. The molecule has 0 aliphatic rings. The van der Waals surface area contributed by atoms with Gasteiger partial charge in [0, 0.05) is 11.3 Å². The molecule has 0 aliphatic heterocycles. The highest BCUT2D eigenvalue weighted by Gasteiger charge is 2.12. The maximum Gasteiger partial charge on any atom is 0.128 e. The first kappa shape index (κ1) is 11.5. The summed E-state index contributed by atoms with van der Waals surface area (Å²) >= 11 is 0. The summed E-state index contributed by atoms with van der Waals surface area (Å²) in [7, 11) is 3.32. The van der Waals surface area contributed by atoms with Crippen molar-refractivity contribution < 1.29 is 9.47 Å². The number of hydrogen-bond donors (Lipinski definition) is 1. The van der Waals surface area contributed by atoms with Crippen molar-refractivity contribution in [3.05, 3.63) is 29.5 Å². The Morgan fingerprint density at radius 3 is 2.24 bits per heavy atom. The van der Waals surface area contributed by atoms with E-state index in [1.807, 2.05) is 32.0 Å². The summed E-state index contributed by atoms with van der Waals surface area (Å²) in [6.07, 6.45) is 0. The molecule has 17 heavy (non-hydrogen) atoms. The van der Waals surface area contributed by atoms with Gasteiger partial charge in [-0.25, -0.2) is 0 Å². The summed E-state index contributed by atoms with van der Waals surface area (Å²) in [6.45, 7) is 3.95. The Balaban J connectivity index is 2.58. The fourth-order valence-electron chi connectivity index (χ4n) is 1.81. The van der Waals surface area contributed by atoms with E-state index in [0.717, 1.165) is 34.0 Å². The predicted octanol–water partition coefficient (Wildman–Crippen LogP) is 2.71. The Morgan fingerprint density at radius 1 is 1.00 bits per heavy atom. The van der Waals surface area contributed by atoms with Crippen molar-refractivity contribution in [1.29, 1.82) is 0 Å². The van der Waals surface area contributed by atoms with Gasteiger partial charge in [0.05, 0.1) is 19.9 Å². The van der Waals surface area contributed by atoms with Gasteiger partial charge in [0.1, 0.15) is 11.5 Å². The molecule has 1 heterocycles. The van der Waals surface area contributed by atoms with Crippen LogP contribution in [0.1, 0.15) is 11.3 Å². The van der Waals surface area contributed by atoms with E-state index in [9.17, 15) is 0 Å². The molecule has 0 radical (unpaired) electrons. The number of ether oxygens (including phenoxy) is 2. The average Bonchev–Trinajstić information content (AvgIpc) is 2.75. The van der Waals surface area contributed by atoms with Crippen molar-refractivity contribution in [3.8, 4) is 22.8 Å². The highest BCUT2D eigenvalue weighted by molar-refractivity contribution is 5.70. The van der Waals surface area contributed by atoms with Crippen LogP contribution in [0.2, 0.25) is 0 Å². The SMILES string of the molecule is COc1cc(-c2cc(C)[nH]n2)c(OC)cc1C. The second kappa shape index (κ2) is 4.49. The van der Waals surface area contributed by atoms with Gasteiger partial charge in [-0.2, -0.15) is 5.10 Å². The van der Waals surface area contributed by atoms with E-state index in [2.05, 4.69) is 10.2 Å². The molecule has 0 aliphatic carbocycles. The van der Waals surface area contributed by atoms with E-state index in [4.69, 9.17) is 9.47 Å². The van der Waals surface area contributed by atoms with E-state index in [-0.39, 0.29) is 0 Å². The summed E-state index contributed by atoms with van der Waals surface area (Å²) in [4.78, 5) is 0. The van der Waals surface area contributed by atoms with Gasteiger partial charge in [-0.15, -0.1) is 0 Å². The van der Waals surface area contributed by atoms with Gasteiger partial charge < -0.3 is 9.47 Å². The number of methoxy groups -OCH3 is 2. The zero-order chi connectivity index (χ0) is 12.4. The second-order valence-electron chi connectivity index (χ2n) is 3.96. The number of H-pyrrole nitrogens is 1. The molecule has 4 nitrogen and oxygen atoms in total. The van der Waals surface area contributed by atoms with Crippen LogP contribution < -0.4 is 9.47 Å². The third kappa shape index (κ3) is 2.11. The largest absolute Gasteiger partial charge is 0.496 e. The first-order valence-electron chi connectivity index (χ1n) is 5.40. The summed E-state index contributed by atoms with van der Waals surface area (Å²) in [5.74, 6) is 1.64.